The standard InChI is InChI=1S/C18H19F3N6O2/c1-9(2)29-16-13(8-22)14(26-17(23)27-16)24-10(3)15(28)25-12-6-4-5-11(7-12)18(19,20)21/h4-7,9-10H,1-3H3,(H,25,28)(H3,23,24,26,27)/t10-/m0/s1. The quantitative estimate of drug-likeness (QED) is 0.670. The molecule has 2 rings (SSSR count). The van der Waals surface area contributed by atoms with Crippen LogP contribution < -0.4 is 21.1 Å². The van der Waals surface area contributed by atoms with Crippen LogP contribution in [-0.4, -0.2) is 28.0 Å². The lowest BCUT2D eigenvalue weighted by molar-refractivity contribution is -0.137. The monoisotopic (exact) mass is 408 g/mol. The highest BCUT2D eigenvalue weighted by Gasteiger charge is 2.30. The van der Waals surface area contributed by atoms with Crippen LogP contribution >= 0.6 is 0 Å². The molecule has 0 aliphatic carbocycles. The Kier molecular flexibility index (Phi) is 6.48. The fourth-order valence-corrected chi connectivity index (χ4v) is 2.26. The number of hydrogen-bond donors (Lipinski definition) is 3. The van der Waals surface area contributed by atoms with E-state index in [0.717, 1.165) is 12.1 Å². The normalized spacial score (nSPS) is 12.2. The zero-order chi connectivity index (χ0) is 21.8. The minimum Gasteiger partial charge on any atom is -0.474 e. The van der Waals surface area contributed by atoms with Crippen molar-refractivity contribution in [3.05, 3.63) is 35.4 Å². The number of carbonyl (C=O) groups excluding carboxylic acids is 1. The second-order valence-corrected chi connectivity index (χ2v) is 6.32. The number of nitrogens with zero attached hydrogens (tertiary/aromatic N) is 3. The largest absolute Gasteiger partial charge is 0.474 e. The third-order valence-electron chi connectivity index (χ3n) is 3.56. The van der Waals surface area contributed by atoms with Crippen LogP contribution in [0.1, 0.15) is 31.9 Å². The molecule has 0 aliphatic rings. The molecule has 0 fully saturated rings. The van der Waals surface area contributed by atoms with Crippen LogP contribution in [0, 0.1) is 11.3 Å². The smallest absolute Gasteiger partial charge is 0.416 e. The molecule has 0 radical (unpaired) electrons. The van der Waals surface area contributed by atoms with Gasteiger partial charge in [0.15, 0.2) is 11.4 Å². The van der Waals surface area contributed by atoms with E-state index in [0.29, 0.717) is 0 Å². The lowest BCUT2D eigenvalue weighted by atomic mass is 10.2. The molecule has 0 bridgehead atoms. The third kappa shape index (κ3) is 5.71. The fraction of sp³-hybridized carbons (Fsp3) is 0.333. The summed E-state index contributed by atoms with van der Waals surface area (Å²) in [7, 11) is 0. The van der Waals surface area contributed by atoms with E-state index in [1.807, 2.05) is 6.07 Å². The SMILES string of the molecule is CC(C)Oc1nc(N)nc(N[C@@H](C)C(=O)Nc2cccc(C(F)(F)F)c2)c1C#N. The number of benzene rings is 1. The van der Waals surface area contributed by atoms with Crippen molar-refractivity contribution >= 4 is 23.4 Å². The Hall–Kier alpha value is -3.55. The molecule has 2 aromatic rings. The van der Waals surface area contributed by atoms with Crippen molar-refractivity contribution < 1.29 is 22.7 Å². The minimum atomic E-state index is -4.53. The van der Waals surface area contributed by atoms with Crippen LogP contribution in [0.25, 0.3) is 0 Å². The van der Waals surface area contributed by atoms with Crippen molar-refractivity contribution in [2.24, 2.45) is 0 Å². The van der Waals surface area contributed by atoms with Crippen molar-refractivity contribution in [2.45, 2.75) is 39.1 Å². The number of nitrogen functional groups attached to an aromatic ring is 1. The van der Waals surface area contributed by atoms with Crippen molar-refractivity contribution in [1.82, 2.24) is 9.97 Å². The average molecular weight is 408 g/mol. The summed E-state index contributed by atoms with van der Waals surface area (Å²) in [6.45, 7) is 4.92. The first-order chi connectivity index (χ1) is 13.5. The average Bonchev–Trinajstić information content (AvgIpc) is 2.60. The van der Waals surface area contributed by atoms with Gasteiger partial charge in [0.1, 0.15) is 12.1 Å². The lowest BCUT2D eigenvalue weighted by Crippen LogP contribution is -2.32. The number of halogens is 3. The molecule has 8 nitrogen and oxygen atoms in total. The molecule has 29 heavy (non-hydrogen) atoms. The van der Waals surface area contributed by atoms with E-state index in [4.69, 9.17) is 10.5 Å². The highest BCUT2D eigenvalue weighted by Crippen LogP contribution is 2.30. The number of nitrogens with one attached hydrogen (secondary N) is 2. The van der Waals surface area contributed by atoms with Crippen LogP contribution in [0.5, 0.6) is 5.88 Å². The van der Waals surface area contributed by atoms with Crippen LogP contribution in [0.2, 0.25) is 0 Å². The summed E-state index contributed by atoms with van der Waals surface area (Å²) in [4.78, 5) is 20.2. The Bertz CT molecular complexity index is 940. The molecule has 0 aliphatic heterocycles. The molecule has 0 saturated heterocycles. The predicted molar refractivity (Wildman–Crippen MR) is 100 cm³/mol. The summed E-state index contributed by atoms with van der Waals surface area (Å²) in [6.07, 6.45) is -4.82. The van der Waals surface area contributed by atoms with Gasteiger partial charge in [-0.15, -0.1) is 0 Å². The van der Waals surface area contributed by atoms with Gasteiger partial charge in [-0.05, 0) is 39.0 Å². The van der Waals surface area contributed by atoms with Gasteiger partial charge >= 0.3 is 6.18 Å². The van der Waals surface area contributed by atoms with E-state index in [-0.39, 0.29) is 35.0 Å². The van der Waals surface area contributed by atoms with E-state index in [1.54, 1.807) is 13.8 Å². The van der Waals surface area contributed by atoms with Gasteiger partial charge in [0, 0.05) is 5.69 Å². The number of aromatic nitrogens is 2. The van der Waals surface area contributed by atoms with Gasteiger partial charge < -0.3 is 21.1 Å². The Morgan fingerprint density at radius 2 is 1.97 bits per heavy atom. The topological polar surface area (TPSA) is 126 Å². The maximum Gasteiger partial charge on any atom is 0.416 e. The van der Waals surface area contributed by atoms with E-state index in [2.05, 4.69) is 20.6 Å². The molecule has 1 aromatic heterocycles. The van der Waals surface area contributed by atoms with E-state index in [9.17, 15) is 23.2 Å². The zero-order valence-corrected chi connectivity index (χ0v) is 15.8. The van der Waals surface area contributed by atoms with Gasteiger partial charge in [-0.2, -0.15) is 28.4 Å². The van der Waals surface area contributed by atoms with Crippen LogP contribution in [-0.2, 0) is 11.0 Å². The number of ether oxygens (including phenoxy) is 1. The summed E-state index contributed by atoms with van der Waals surface area (Å²) in [5.41, 5.74) is 4.67. The maximum atomic E-state index is 12.8. The van der Waals surface area contributed by atoms with Crippen LogP contribution in [0.4, 0.5) is 30.6 Å². The predicted octanol–water partition coefficient (Wildman–Crippen LogP) is 3.18. The van der Waals surface area contributed by atoms with Gasteiger partial charge in [-0.25, -0.2) is 0 Å². The lowest BCUT2D eigenvalue weighted by Gasteiger charge is -2.18. The first kappa shape index (κ1) is 21.7. The van der Waals surface area contributed by atoms with E-state index in [1.165, 1.54) is 19.1 Å². The Morgan fingerprint density at radius 3 is 2.55 bits per heavy atom. The highest BCUT2D eigenvalue weighted by molar-refractivity contribution is 5.96. The second-order valence-electron chi connectivity index (χ2n) is 6.32. The molecule has 154 valence electrons. The summed E-state index contributed by atoms with van der Waals surface area (Å²) in [5.74, 6) is -0.880. The molecule has 0 saturated carbocycles. The first-order valence-corrected chi connectivity index (χ1v) is 8.50. The second kappa shape index (κ2) is 8.64. The highest BCUT2D eigenvalue weighted by atomic mass is 19.4. The number of carbonyl (C=O) groups is 1. The molecule has 0 unspecified atom stereocenters. The number of anilines is 3. The minimum absolute atomic E-state index is 0.0231. The van der Waals surface area contributed by atoms with Gasteiger partial charge in [-0.1, -0.05) is 6.07 Å². The Morgan fingerprint density at radius 1 is 1.28 bits per heavy atom. The van der Waals surface area contributed by atoms with Gasteiger partial charge in [0.2, 0.25) is 17.7 Å². The number of alkyl halides is 3. The van der Waals surface area contributed by atoms with Crippen molar-refractivity contribution in [1.29, 1.82) is 5.26 Å². The molecule has 4 N–H and O–H groups in total. The van der Waals surface area contributed by atoms with Crippen LogP contribution in [0.15, 0.2) is 24.3 Å². The Labute approximate surface area is 164 Å². The maximum absolute atomic E-state index is 12.8. The molecule has 1 amide bonds. The Balaban J connectivity index is 2.20. The number of nitriles is 1. The summed E-state index contributed by atoms with van der Waals surface area (Å²) >= 11 is 0. The molecule has 11 heteroatoms. The molecular weight excluding hydrogens is 389 g/mol. The molecule has 1 aromatic carbocycles. The van der Waals surface area contributed by atoms with Crippen molar-refractivity contribution in [2.75, 3.05) is 16.4 Å². The number of hydrogen-bond acceptors (Lipinski definition) is 7. The van der Waals surface area contributed by atoms with Gasteiger partial charge in [0.25, 0.3) is 0 Å². The van der Waals surface area contributed by atoms with Crippen molar-refractivity contribution in [3.8, 4) is 11.9 Å². The van der Waals surface area contributed by atoms with Gasteiger partial charge in [0.05, 0.1) is 11.7 Å². The van der Waals surface area contributed by atoms with E-state index < -0.39 is 23.7 Å². The first-order valence-electron chi connectivity index (χ1n) is 8.50. The fourth-order valence-electron chi connectivity index (χ4n) is 2.26. The summed E-state index contributed by atoms with van der Waals surface area (Å²) < 4.78 is 43.9. The molecular formula is C18H19F3N6O2. The number of rotatable bonds is 6. The molecule has 1 heterocycles. The van der Waals surface area contributed by atoms with Crippen molar-refractivity contribution in [3.63, 3.8) is 0 Å². The van der Waals surface area contributed by atoms with Crippen LogP contribution in [0.3, 0.4) is 0 Å². The number of amides is 1. The summed E-state index contributed by atoms with van der Waals surface area (Å²) in [5, 5.41) is 14.5. The molecule has 0 spiro atoms. The summed E-state index contributed by atoms with van der Waals surface area (Å²) in [6, 6.07) is 5.17. The van der Waals surface area contributed by atoms with Gasteiger partial charge in [-0.3, -0.25) is 4.79 Å². The number of nitrogens with two attached hydrogens (primary N) is 1. The third-order valence-corrected chi connectivity index (χ3v) is 3.56. The zero-order valence-electron chi connectivity index (χ0n) is 15.8. The molecule has 1 atom stereocenters. The van der Waals surface area contributed by atoms with E-state index >= 15 is 0 Å².